The van der Waals surface area contributed by atoms with Crippen molar-refractivity contribution >= 4 is 23.2 Å². The zero-order valence-corrected chi connectivity index (χ0v) is 18.1. The molecule has 2 aliphatic rings. The molecule has 1 N–H and O–H groups in total. The summed E-state index contributed by atoms with van der Waals surface area (Å²) in [7, 11) is 0. The van der Waals surface area contributed by atoms with Gasteiger partial charge in [0.1, 0.15) is 5.54 Å². The van der Waals surface area contributed by atoms with Crippen molar-refractivity contribution in [2.75, 3.05) is 13.2 Å². The topological polar surface area (TPSA) is 58.6 Å². The largest absolute Gasteiger partial charge is 0.376 e. The zero-order valence-electron chi connectivity index (χ0n) is 17.2. The first-order valence-corrected chi connectivity index (χ1v) is 11.7. The van der Waals surface area contributed by atoms with Gasteiger partial charge >= 0.3 is 0 Å². The zero-order chi connectivity index (χ0) is 20.0. The first-order valence-electron chi connectivity index (χ1n) is 10.8. The quantitative estimate of drug-likeness (QED) is 0.712. The lowest BCUT2D eigenvalue weighted by molar-refractivity contribution is -0.149. The van der Waals surface area contributed by atoms with Crippen molar-refractivity contribution in [2.24, 2.45) is 0 Å². The summed E-state index contributed by atoms with van der Waals surface area (Å²) in [6.45, 7) is 5.16. The first kappa shape index (κ1) is 21.3. The molecule has 1 aromatic heterocycles. The molecule has 2 fully saturated rings. The average Bonchev–Trinajstić information content (AvgIpc) is 3.40. The number of thiophene rings is 1. The Labute approximate surface area is 172 Å². The Morgan fingerprint density at radius 1 is 1.25 bits per heavy atom. The lowest BCUT2D eigenvalue weighted by Crippen LogP contribution is -2.61. The fourth-order valence-electron chi connectivity index (χ4n) is 4.29. The standard InChI is InChI=1S/C22H34N2O3S/c1-3-22(2,21(26)23-17-9-5-4-6-10-17)24(16-18-11-7-13-27-18)20(25)15-19-12-8-14-28-19/h8,12,14,17-18H,3-7,9-11,13,15-16H2,1-2H3,(H,23,26)/t18-,22-/m1/s1. The summed E-state index contributed by atoms with van der Waals surface area (Å²) in [6, 6.07) is 4.19. The van der Waals surface area contributed by atoms with Crippen molar-refractivity contribution in [3.05, 3.63) is 22.4 Å². The van der Waals surface area contributed by atoms with E-state index < -0.39 is 5.54 Å². The molecule has 1 aliphatic carbocycles. The van der Waals surface area contributed by atoms with Gasteiger partial charge in [-0.2, -0.15) is 0 Å². The highest BCUT2D eigenvalue weighted by molar-refractivity contribution is 7.10. The second-order valence-electron chi connectivity index (χ2n) is 8.33. The normalized spacial score (nSPS) is 22.6. The van der Waals surface area contributed by atoms with E-state index in [0.29, 0.717) is 19.4 Å². The predicted octanol–water partition coefficient (Wildman–Crippen LogP) is 3.92. The van der Waals surface area contributed by atoms with Gasteiger partial charge in [0.2, 0.25) is 11.8 Å². The maximum Gasteiger partial charge on any atom is 0.245 e. The fraction of sp³-hybridized carbons (Fsp3) is 0.727. The molecule has 6 heteroatoms. The van der Waals surface area contributed by atoms with Gasteiger partial charge in [-0.3, -0.25) is 9.59 Å². The van der Waals surface area contributed by atoms with E-state index in [1.807, 2.05) is 31.4 Å². The molecule has 0 aromatic carbocycles. The maximum atomic E-state index is 13.3. The van der Waals surface area contributed by atoms with E-state index in [0.717, 1.165) is 37.2 Å². The molecule has 0 radical (unpaired) electrons. The summed E-state index contributed by atoms with van der Waals surface area (Å²) in [5.74, 6) is 0.000482. The number of nitrogens with zero attached hydrogens (tertiary/aromatic N) is 1. The average molecular weight is 407 g/mol. The number of carbonyl (C=O) groups excluding carboxylic acids is 2. The second kappa shape index (κ2) is 9.88. The molecule has 2 atom stereocenters. The lowest BCUT2D eigenvalue weighted by Gasteiger charge is -2.42. The third kappa shape index (κ3) is 5.15. The van der Waals surface area contributed by atoms with E-state index in [9.17, 15) is 9.59 Å². The number of amides is 2. The third-order valence-electron chi connectivity index (χ3n) is 6.33. The van der Waals surface area contributed by atoms with Gasteiger partial charge in [-0.1, -0.05) is 32.3 Å². The number of nitrogens with one attached hydrogen (secondary N) is 1. The van der Waals surface area contributed by atoms with Crippen LogP contribution in [0.4, 0.5) is 0 Å². The summed E-state index contributed by atoms with van der Waals surface area (Å²) in [5, 5.41) is 5.25. The Hall–Kier alpha value is -1.40. The molecule has 1 aliphatic heterocycles. The van der Waals surface area contributed by atoms with Crippen LogP contribution in [-0.2, 0) is 20.7 Å². The van der Waals surface area contributed by atoms with Crippen LogP contribution in [0.3, 0.4) is 0 Å². The Balaban J connectivity index is 1.76. The van der Waals surface area contributed by atoms with Crippen molar-refractivity contribution in [3.8, 4) is 0 Å². The SMILES string of the molecule is CC[C@](C)(C(=O)NC1CCCCC1)N(C[C@H]1CCCO1)C(=O)Cc1cccs1. The Kier molecular flexibility index (Phi) is 7.52. The van der Waals surface area contributed by atoms with Gasteiger partial charge in [0, 0.05) is 24.1 Å². The number of rotatable bonds is 8. The molecule has 0 bridgehead atoms. The van der Waals surface area contributed by atoms with Crippen molar-refractivity contribution in [1.82, 2.24) is 10.2 Å². The molecular formula is C22H34N2O3S. The number of ether oxygens (including phenoxy) is 1. The van der Waals surface area contributed by atoms with Gasteiger partial charge in [0.05, 0.1) is 12.5 Å². The summed E-state index contributed by atoms with van der Waals surface area (Å²) in [5.41, 5.74) is -0.849. The smallest absolute Gasteiger partial charge is 0.245 e. The van der Waals surface area contributed by atoms with Gasteiger partial charge in [0.25, 0.3) is 0 Å². The molecule has 1 aromatic rings. The molecule has 5 nitrogen and oxygen atoms in total. The van der Waals surface area contributed by atoms with E-state index >= 15 is 0 Å². The van der Waals surface area contributed by atoms with Crippen LogP contribution in [0, 0.1) is 0 Å². The molecule has 0 spiro atoms. The maximum absolute atomic E-state index is 13.3. The van der Waals surface area contributed by atoms with Crippen LogP contribution in [0.1, 0.15) is 70.1 Å². The minimum Gasteiger partial charge on any atom is -0.376 e. The molecule has 0 unspecified atom stereocenters. The minimum atomic E-state index is -0.849. The molecule has 1 saturated heterocycles. The van der Waals surface area contributed by atoms with E-state index in [1.54, 1.807) is 16.2 Å². The van der Waals surface area contributed by atoms with E-state index in [-0.39, 0.29) is 24.0 Å². The molecule has 2 amide bonds. The van der Waals surface area contributed by atoms with Crippen LogP contribution < -0.4 is 5.32 Å². The highest BCUT2D eigenvalue weighted by atomic mass is 32.1. The molecule has 28 heavy (non-hydrogen) atoms. The van der Waals surface area contributed by atoms with Crippen molar-refractivity contribution in [1.29, 1.82) is 0 Å². The lowest BCUT2D eigenvalue weighted by atomic mass is 9.90. The molecule has 1 saturated carbocycles. The van der Waals surface area contributed by atoms with Crippen LogP contribution in [0.2, 0.25) is 0 Å². The third-order valence-corrected chi connectivity index (χ3v) is 7.21. The van der Waals surface area contributed by atoms with Gasteiger partial charge < -0.3 is 15.0 Å². The molecular weight excluding hydrogens is 372 g/mol. The second-order valence-corrected chi connectivity index (χ2v) is 9.36. The van der Waals surface area contributed by atoms with Gasteiger partial charge in [-0.05, 0) is 50.5 Å². The van der Waals surface area contributed by atoms with Gasteiger partial charge in [-0.15, -0.1) is 11.3 Å². The van der Waals surface area contributed by atoms with Gasteiger partial charge in [0.15, 0.2) is 0 Å². The highest BCUT2D eigenvalue weighted by Gasteiger charge is 2.42. The van der Waals surface area contributed by atoms with Gasteiger partial charge in [-0.25, -0.2) is 0 Å². The fourth-order valence-corrected chi connectivity index (χ4v) is 4.99. The van der Waals surface area contributed by atoms with Crippen molar-refractivity contribution in [3.63, 3.8) is 0 Å². The molecule has 3 rings (SSSR count). The predicted molar refractivity (Wildman–Crippen MR) is 112 cm³/mol. The Morgan fingerprint density at radius 2 is 2.04 bits per heavy atom. The minimum absolute atomic E-state index is 0.0144. The highest BCUT2D eigenvalue weighted by Crippen LogP contribution is 2.27. The summed E-state index contributed by atoms with van der Waals surface area (Å²) < 4.78 is 5.82. The summed E-state index contributed by atoms with van der Waals surface area (Å²) in [4.78, 5) is 29.5. The monoisotopic (exact) mass is 406 g/mol. The van der Waals surface area contributed by atoms with Crippen LogP contribution in [0.25, 0.3) is 0 Å². The van der Waals surface area contributed by atoms with Crippen LogP contribution >= 0.6 is 11.3 Å². The summed E-state index contributed by atoms with van der Waals surface area (Å²) in [6.07, 6.45) is 8.62. The Bertz CT molecular complexity index is 636. The summed E-state index contributed by atoms with van der Waals surface area (Å²) >= 11 is 1.59. The van der Waals surface area contributed by atoms with E-state index in [1.165, 1.54) is 19.3 Å². The Morgan fingerprint density at radius 3 is 2.64 bits per heavy atom. The number of carbonyl (C=O) groups is 2. The molecule has 156 valence electrons. The van der Waals surface area contributed by atoms with Crippen LogP contribution in [0.15, 0.2) is 17.5 Å². The van der Waals surface area contributed by atoms with Crippen molar-refractivity contribution < 1.29 is 14.3 Å². The van der Waals surface area contributed by atoms with Crippen LogP contribution in [-0.4, -0.2) is 47.6 Å². The van der Waals surface area contributed by atoms with E-state index in [2.05, 4.69) is 5.32 Å². The van der Waals surface area contributed by atoms with Crippen LogP contribution in [0.5, 0.6) is 0 Å². The number of hydrogen-bond acceptors (Lipinski definition) is 4. The number of hydrogen-bond donors (Lipinski definition) is 1. The first-order chi connectivity index (χ1) is 13.5. The van der Waals surface area contributed by atoms with E-state index in [4.69, 9.17) is 4.74 Å². The van der Waals surface area contributed by atoms with Crippen molar-refractivity contribution in [2.45, 2.75) is 89.3 Å². The molecule has 2 heterocycles.